The molecule has 182 valence electrons. The number of rotatable bonds is 12. The number of anilines is 1. The monoisotopic (exact) mass is 535 g/mol. The molecule has 0 saturated carbocycles. The van der Waals surface area contributed by atoms with Gasteiger partial charge in [0.2, 0.25) is 11.8 Å². The smallest absolute Gasteiger partial charge is 0.343 e. The van der Waals surface area contributed by atoms with E-state index < -0.39 is 11.9 Å². The summed E-state index contributed by atoms with van der Waals surface area (Å²) in [4.78, 5) is 35.4. The molecule has 0 fully saturated rings. The zero-order chi connectivity index (χ0) is 24.9. The molecule has 2 N–H and O–H groups in total. The Bertz CT molecular complexity index is 1030. The van der Waals surface area contributed by atoms with Crippen molar-refractivity contribution in [1.29, 1.82) is 0 Å². The molecule has 0 aromatic heterocycles. The number of amides is 2. The standard InChI is InChI=1S/C23H26BrN3O7/c1-4-33-19-12-15(11-18(24)23(19)34-14-22(30)32-3)13-25-27-21(29)10-9-20(28)26-16-5-7-17(31-2)8-6-16/h5-8,11-13H,4,9-10,14H2,1-3H3,(H,26,28)(H,27,29). The van der Waals surface area contributed by atoms with Gasteiger partial charge < -0.3 is 24.3 Å². The van der Waals surface area contributed by atoms with Gasteiger partial charge in [-0.25, -0.2) is 10.2 Å². The number of benzene rings is 2. The topological polar surface area (TPSA) is 125 Å². The van der Waals surface area contributed by atoms with Gasteiger partial charge in [0.05, 0.1) is 31.5 Å². The molecule has 2 rings (SSSR count). The van der Waals surface area contributed by atoms with Gasteiger partial charge in [0.1, 0.15) is 5.75 Å². The van der Waals surface area contributed by atoms with Crippen molar-refractivity contribution in [2.24, 2.45) is 5.10 Å². The van der Waals surface area contributed by atoms with Gasteiger partial charge in [-0.1, -0.05) is 0 Å². The number of hydrazone groups is 1. The number of carbonyl (C=O) groups is 3. The largest absolute Gasteiger partial charge is 0.497 e. The second-order valence-corrected chi connectivity index (χ2v) is 7.55. The number of esters is 1. The van der Waals surface area contributed by atoms with E-state index in [0.29, 0.717) is 39.6 Å². The second-order valence-electron chi connectivity index (χ2n) is 6.70. The summed E-state index contributed by atoms with van der Waals surface area (Å²) in [6, 6.07) is 10.2. The van der Waals surface area contributed by atoms with Gasteiger partial charge in [0.25, 0.3) is 0 Å². The van der Waals surface area contributed by atoms with Crippen LogP contribution in [0.4, 0.5) is 5.69 Å². The maximum Gasteiger partial charge on any atom is 0.343 e. The molecule has 0 bridgehead atoms. The van der Waals surface area contributed by atoms with E-state index in [-0.39, 0.29) is 25.4 Å². The molecular formula is C23H26BrN3O7. The van der Waals surface area contributed by atoms with Crippen LogP contribution in [0.2, 0.25) is 0 Å². The minimum Gasteiger partial charge on any atom is -0.497 e. The predicted octanol–water partition coefficient (Wildman–Crippen LogP) is 3.28. The van der Waals surface area contributed by atoms with Crippen LogP contribution in [0.1, 0.15) is 25.3 Å². The fourth-order valence-electron chi connectivity index (χ4n) is 2.62. The third kappa shape index (κ3) is 8.74. The molecule has 0 spiro atoms. The zero-order valence-corrected chi connectivity index (χ0v) is 20.6. The highest BCUT2D eigenvalue weighted by Crippen LogP contribution is 2.36. The van der Waals surface area contributed by atoms with Crippen molar-refractivity contribution in [1.82, 2.24) is 5.43 Å². The average Bonchev–Trinajstić information content (AvgIpc) is 2.82. The van der Waals surface area contributed by atoms with Gasteiger partial charge in [-0.3, -0.25) is 9.59 Å². The predicted molar refractivity (Wildman–Crippen MR) is 129 cm³/mol. The minimum absolute atomic E-state index is 0.000348. The molecule has 34 heavy (non-hydrogen) atoms. The lowest BCUT2D eigenvalue weighted by Crippen LogP contribution is -2.20. The Labute approximate surface area is 205 Å². The Kier molecular flexibility index (Phi) is 10.8. The lowest BCUT2D eigenvalue weighted by Gasteiger charge is -2.13. The van der Waals surface area contributed by atoms with Crippen LogP contribution in [0, 0.1) is 0 Å². The fourth-order valence-corrected chi connectivity index (χ4v) is 3.19. The molecule has 0 unspecified atom stereocenters. The summed E-state index contributed by atoms with van der Waals surface area (Å²) in [5, 5.41) is 6.63. The second kappa shape index (κ2) is 13.8. The Morgan fingerprint density at radius 3 is 2.38 bits per heavy atom. The van der Waals surface area contributed by atoms with E-state index in [1.807, 2.05) is 6.92 Å². The van der Waals surface area contributed by atoms with Gasteiger partial charge in [-0.2, -0.15) is 5.10 Å². The number of hydrogen-bond donors (Lipinski definition) is 2. The average molecular weight is 536 g/mol. The third-order valence-electron chi connectivity index (χ3n) is 4.25. The normalized spacial score (nSPS) is 10.5. The van der Waals surface area contributed by atoms with Gasteiger partial charge in [0.15, 0.2) is 18.1 Å². The van der Waals surface area contributed by atoms with Crippen LogP contribution >= 0.6 is 15.9 Å². The number of nitrogens with zero attached hydrogens (tertiary/aromatic N) is 1. The molecule has 0 aliphatic carbocycles. The van der Waals surface area contributed by atoms with Crippen molar-refractivity contribution in [2.45, 2.75) is 19.8 Å². The van der Waals surface area contributed by atoms with Crippen LogP contribution in [0.15, 0.2) is 46.0 Å². The van der Waals surface area contributed by atoms with Gasteiger partial charge in [0, 0.05) is 18.5 Å². The van der Waals surface area contributed by atoms with E-state index in [1.54, 1.807) is 43.5 Å². The summed E-state index contributed by atoms with van der Waals surface area (Å²) in [5.74, 6) is 0.180. The van der Waals surface area contributed by atoms with Gasteiger partial charge in [-0.05, 0) is 64.8 Å². The van der Waals surface area contributed by atoms with Gasteiger partial charge in [-0.15, -0.1) is 0 Å². The van der Waals surface area contributed by atoms with Gasteiger partial charge >= 0.3 is 5.97 Å². The lowest BCUT2D eigenvalue weighted by atomic mass is 10.2. The molecule has 0 saturated heterocycles. The number of carbonyl (C=O) groups excluding carboxylic acids is 3. The summed E-state index contributed by atoms with van der Waals surface area (Å²) in [7, 11) is 2.83. The molecule has 0 atom stereocenters. The molecule has 0 aliphatic rings. The van der Waals surface area contributed by atoms with E-state index in [4.69, 9.17) is 14.2 Å². The molecule has 2 aromatic rings. The molecular weight excluding hydrogens is 510 g/mol. The first-order valence-corrected chi connectivity index (χ1v) is 11.1. The first kappa shape index (κ1) is 26.7. The highest BCUT2D eigenvalue weighted by atomic mass is 79.9. The summed E-state index contributed by atoms with van der Waals surface area (Å²) in [5.41, 5.74) is 3.60. The zero-order valence-electron chi connectivity index (χ0n) is 19.1. The van der Waals surface area contributed by atoms with Crippen molar-refractivity contribution >= 4 is 45.6 Å². The van der Waals surface area contributed by atoms with Crippen LogP contribution < -0.4 is 25.0 Å². The summed E-state index contributed by atoms with van der Waals surface area (Å²) >= 11 is 3.38. The summed E-state index contributed by atoms with van der Waals surface area (Å²) in [6.07, 6.45) is 1.39. The van der Waals surface area contributed by atoms with Crippen LogP contribution in [0.25, 0.3) is 0 Å². The maximum atomic E-state index is 12.0. The fraction of sp³-hybridized carbons (Fsp3) is 0.304. The van der Waals surface area contributed by atoms with Crippen LogP contribution in [0.5, 0.6) is 17.2 Å². The highest BCUT2D eigenvalue weighted by molar-refractivity contribution is 9.10. The summed E-state index contributed by atoms with van der Waals surface area (Å²) in [6.45, 7) is 1.91. The number of ether oxygens (including phenoxy) is 4. The Morgan fingerprint density at radius 2 is 1.74 bits per heavy atom. The molecule has 10 nitrogen and oxygen atoms in total. The quantitative estimate of drug-likeness (QED) is 0.242. The van der Waals surface area contributed by atoms with E-state index >= 15 is 0 Å². The van der Waals surface area contributed by atoms with E-state index in [1.165, 1.54) is 13.3 Å². The molecule has 11 heteroatoms. The van der Waals surface area contributed by atoms with E-state index in [0.717, 1.165) is 0 Å². The van der Waals surface area contributed by atoms with Crippen molar-refractivity contribution in [3.63, 3.8) is 0 Å². The number of halogens is 1. The molecule has 2 aromatic carbocycles. The highest BCUT2D eigenvalue weighted by Gasteiger charge is 2.14. The molecule has 0 radical (unpaired) electrons. The minimum atomic E-state index is -0.527. The Hall–Kier alpha value is -3.60. The number of hydrogen-bond acceptors (Lipinski definition) is 8. The maximum absolute atomic E-state index is 12.0. The van der Waals surface area contributed by atoms with E-state index in [9.17, 15) is 14.4 Å². The van der Waals surface area contributed by atoms with Crippen molar-refractivity contribution in [3.05, 3.63) is 46.4 Å². The SMILES string of the molecule is CCOc1cc(C=NNC(=O)CCC(=O)Nc2ccc(OC)cc2)cc(Br)c1OCC(=O)OC. The number of nitrogens with one attached hydrogen (secondary N) is 2. The van der Waals surface area contributed by atoms with Crippen LogP contribution in [-0.2, 0) is 19.1 Å². The van der Waals surface area contributed by atoms with Crippen molar-refractivity contribution in [2.75, 3.05) is 32.8 Å². The van der Waals surface area contributed by atoms with Crippen molar-refractivity contribution < 1.29 is 33.3 Å². The van der Waals surface area contributed by atoms with Crippen molar-refractivity contribution in [3.8, 4) is 17.2 Å². The molecule has 2 amide bonds. The lowest BCUT2D eigenvalue weighted by molar-refractivity contribution is -0.143. The Balaban J connectivity index is 1.88. The number of methoxy groups -OCH3 is 2. The first-order valence-electron chi connectivity index (χ1n) is 10.3. The van der Waals surface area contributed by atoms with Crippen LogP contribution in [-0.4, -0.2) is 51.4 Å². The van der Waals surface area contributed by atoms with Crippen LogP contribution in [0.3, 0.4) is 0 Å². The Morgan fingerprint density at radius 1 is 1.03 bits per heavy atom. The molecule has 0 aliphatic heterocycles. The first-order chi connectivity index (χ1) is 16.4. The van der Waals surface area contributed by atoms with E-state index in [2.05, 4.69) is 36.5 Å². The molecule has 0 heterocycles. The summed E-state index contributed by atoms with van der Waals surface area (Å²) < 4.78 is 21.2. The third-order valence-corrected chi connectivity index (χ3v) is 4.84.